The highest BCUT2D eigenvalue weighted by molar-refractivity contribution is 6.35. The second-order valence-corrected chi connectivity index (χ2v) is 9.57. The number of fused-ring (bicyclic) bond motifs is 2. The molecule has 0 bridgehead atoms. The van der Waals surface area contributed by atoms with Gasteiger partial charge >= 0.3 is 0 Å². The Balaban J connectivity index is 1.64. The number of carbonyl (C=O) groups is 2. The third kappa shape index (κ3) is 4.54. The summed E-state index contributed by atoms with van der Waals surface area (Å²) in [5, 5.41) is 13.7. The maximum Gasteiger partial charge on any atom is 0.261 e. The number of nitrogens with one attached hydrogen (secondary N) is 1. The molecule has 0 saturated carbocycles. The number of aromatic nitrogens is 1. The summed E-state index contributed by atoms with van der Waals surface area (Å²) >= 11 is 6.73. The van der Waals surface area contributed by atoms with Crippen LogP contribution in [0, 0.1) is 5.82 Å². The fraction of sp³-hybridized carbons (Fsp3) is 0.250. The van der Waals surface area contributed by atoms with Crippen molar-refractivity contribution in [1.29, 1.82) is 0 Å². The summed E-state index contributed by atoms with van der Waals surface area (Å²) in [6.07, 6.45) is 1.24. The van der Waals surface area contributed by atoms with Crippen LogP contribution in [-0.2, 0) is 4.79 Å². The Kier molecular flexibility index (Phi) is 6.94. The number of rotatable bonds is 5. The third-order valence-electron chi connectivity index (χ3n) is 6.84. The number of hydrogen-bond donors (Lipinski definition) is 2. The highest BCUT2D eigenvalue weighted by atomic mass is 35.5. The molecule has 0 spiro atoms. The number of piperazine rings is 1. The molecule has 1 saturated heterocycles. The van der Waals surface area contributed by atoms with Crippen molar-refractivity contribution in [2.45, 2.75) is 19.0 Å². The number of amides is 2. The quantitative estimate of drug-likeness (QED) is 0.461. The minimum Gasteiger partial charge on any atom is -0.507 e. The Bertz CT molecular complexity index is 1400. The number of ether oxygens (including phenoxy) is 1. The first-order valence-electron chi connectivity index (χ1n) is 12.2. The van der Waals surface area contributed by atoms with Crippen molar-refractivity contribution in [2.24, 2.45) is 0 Å². The summed E-state index contributed by atoms with van der Waals surface area (Å²) in [6, 6.07) is 12.7. The summed E-state index contributed by atoms with van der Waals surface area (Å²) in [7, 11) is 0. The summed E-state index contributed by atoms with van der Waals surface area (Å²) < 4.78 is 21.0. The van der Waals surface area contributed by atoms with Crippen LogP contribution in [0.1, 0.15) is 28.9 Å². The molecule has 5 rings (SSSR count). The van der Waals surface area contributed by atoms with Crippen molar-refractivity contribution in [1.82, 2.24) is 14.8 Å². The molecule has 8 nitrogen and oxygen atoms in total. The molecule has 0 radical (unpaired) electrons. The first-order valence-corrected chi connectivity index (χ1v) is 12.6. The topological polar surface area (TPSA) is 95.0 Å². The second-order valence-electron chi connectivity index (χ2n) is 9.19. The van der Waals surface area contributed by atoms with Gasteiger partial charge in [-0.1, -0.05) is 54.6 Å². The molecule has 2 amide bonds. The number of hydrogen-bond acceptors (Lipinski definition) is 6. The number of halogens is 2. The Labute approximate surface area is 224 Å². The van der Waals surface area contributed by atoms with Crippen LogP contribution >= 0.6 is 11.6 Å². The van der Waals surface area contributed by atoms with E-state index in [9.17, 15) is 19.1 Å². The van der Waals surface area contributed by atoms with Crippen LogP contribution in [0.5, 0.6) is 11.5 Å². The predicted octanol–water partition coefficient (Wildman–Crippen LogP) is 4.65. The smallest absolute Gasteiger partial charge is 0.261 e. The summed E-state index contributed by atoms with van der Waals surface area (Å²) in [6.45, 7) is 6.40. The van der Waals surface area contributed by atoms with Crippen LogP contribution < -0.4 is 10.1 Å². The molecule has 196 valence electrons. The molecule has 10 heteroatoms. The van der Waals surface area contributed by atoms with Gasteiger partial charge in [0.1, 0.15) is 40.3 Å². The van der Waals surface area contributed by atoms with Gasteiger partial charge in [-0.25, -0.2) is 9.37 Å². The van der Waals surface area contributed by atoms with Gasteiger partial charge in [0.2, 0.25) is 5.91 Å². The molecular weight excluding hydrogens is 511 g/mol. The van der Waals surface area contributed by atoms with Crippen molar-refractivity contribution in [3.05, 3.63) is 83.2 Å². The summed E-state index contributed by atoms with van der Waals surface area (Å²) in [4.78, 5) is 34.0. The molecule has 1 unspecified atom stereocenters. The lowest BCUT2D eigenvalue weighted by molar-refractivity contribution is -0.128. The largest absolute Gasteiger partial charge is 0.507 e. The first-order chi connectivity index (χ1) is 18.3. The van der Waals surface area contributed by atoms with Gasteiger partial charge in [0, 0.05) is 25.7 Å². The number of phenols is 1. The lowest BCUT2D eigenvalue weighted by Gasteiger charge is -2.39. The van der Waals surface area contributed by atoms with Crippen LogP contribution in [0.4, 0.5) is 10.2 Å². The minimum atomic E-state index is -0.725. The van der Waals surface area contributed by atoms with E-state index in [0.29, 0.717) is 6.54 Å². The molecule has 2 aliphatic rings. The number of aromatic hydroxyl groups is 1. The molecule has 3 heterocycles. The van der Waals surface area contributed by atoms with E-state index in [-0.39, 0.29) is 76.7 Å². The predicted molar refractivity (Wildman–Crippen MR) is 142 cm³/mol. The highest BCUT2D eigenvalue weighted by Crippen LogP contribution is 2.45. The number of anilines is 1. The molecule has 1 aromatic heterocycles. The molecule has 38 heavy (non-hydrogen) atoms. The van der Waals surface area contributed by atoms with E-state index in [1.807, 2.05) is 37.3 Å². The Morgan fingerprint density at radius 1 is 1.24 bits per heavy atom. The minimum absolute atomic E-state index is 0.0445. The highest BCUT2D eigenvalue weighted by Gasteiger charge is 2.40. The van der Waals surface area contributed by atoms with Crippen LogP contribution in [0.3, 0.4) is 0 Å². The van der Waals surface area contributed by atoms with E-state index in [0.717, 1.165) is 5.56 Å². The van der Waals surface area contributed by atoms with Crippen LogP contribution in [0.25, 0.3) is 11.3 Å². The van der Waals surface area contributed by atoms with Gasteiger partial charge in [-0.3, -0.25) is 9.59 Å². The molecule has 3 aromatic rings. The van der Waals surface area contributed by atoms with E-state index < -0.39 is 11.9 Å². The maximum atomic E-state index is 14.9. The Hall–Kier alpha value is -4.11. The fourth-order valence-electron chi connectivity index (χ4n) is 4.84. The number of benzene rings is 2. The van der Waals surface area contributed by atoms with Gasteiger partial charge in [-0.05, 0) is 30.7 Å². The first kappa shape index (κ1) is 25.5. The number of carbonyl (C=O) groups excluding carboxylic acids is 2. The molecule has 1 fully saturated rings. The van der Waals surface area contributed by atoms with Crippen LogP contribution in [0.2, 0.25) is 5.02 Å². The lowest BCUT2D eigenvalue weighted by atomic mass is 10.0. The van der Waals surface area contributed by atoms with Crippen molar-refractivity contribution in [2.75, 3.05) is 31.6 Å². The normalized spacial score (nSPS) is 17.6. The van der Waals surface area contributed by atoms with Crippen molar-refractivity contribution in [3.63, 3.8) is 0 Å². The summed E-state index contributed by atoms with van der Waals surface area (Å²) in [5.74, 6) is -1.48. The van der Waals surface area contributed by atoms with E-state index in [2.05, 4.69) is 16.9 Å². The van der Waals surface area contributed by atoms with Crippen molar-refractivity contribution < 1.29 is 23.8 Å². The zero-order valence-corrected chi connectivity index (χ0v) is 21.4. The van der Waals surface area contributed by atoms with Crippen LogP contribution in [0.15, 0.2) is 61.2 Å². The monoisotopic (exact) mass is 536 g/mol. The molecule has 0 aliphatic carbocycles. The second kappa shape index (κ2) is 10.3. The van der Waals surface area contributed by atoms with Crippen molar-refractivity contribution in [3.8, 4) is 22.8 Å². The zero-order valence-electron chi connectivity index (χ0n) is 20.7. The molecule has 2 aromatic carbocycles. The summed E-state index contributed by atoms with van der Waals surface area (Å²) in [5.41, 5.74) is 0.796. The van der Waals surface area contributed by atoms with Gasteiger partial charge in [0.15, 0.2) is 5.75 Å². The van der Waals surface area contributed by atoms with Gasteiger partial charge in [-0.2, -0.15) is 0 Å². The fourth-order valence-corrected chi connectivity index (χ4v) is 5.13. The molecule has 2 N–H and O–H groups in total. The average molecular weight is 537 g/mol. The lowest BCUT2D eigenvalue weighted by Crippen LogP contribution is -2.57. The number of pyridine rings is 1. The SMILES string of the molecule is C=CC(=O)N1CCN2C(=O)c3c(N[C@H](C)c4ccccc4)nc(-c4c(O)cccc4F)c(Cl)c3OCC2C1. The van der Waals surface area contributed by atoms with Gasteiger partial charge in [-0.15, -0.1) is 0 Å². The Morgan fingerprint density at radius 3 is 2.71 bits per heavy atom. The van der Waals surface area contributed by atoms with Gasteiger partial charge in [0.05, 0.1) is 11.6 Å². The number of phenolic OH excluding ortho intramolecular Hbond substituents is 1. The van der Waals surface area contributed by atoms with E-state index in [1.54, 1.807) is 9.80 Å². The maximum absolute atomic E-state index is 14.9. The van der Waals surface area contributed by atoms with Gasteiger partial charge < -0.3 is 25.0 Å². The van der Waals surface area contributed by atoms with E-state index in [1.165, 1.54) is 24.3 Å². The molecule has 2 atom stereocenters. The zero-order chi connectivity index (χ0) is 27.0. The van der Waals surface area contributed by atoms with E-state index >= 15 is 0 Å². The number of nitrogens with zero attached hydrogens (tertiary/aromatic N) is 3. The van der Waals surface area contributed by atoms with Gasteiger partial charge in [0.25, 0.3) is 5.91 Å². The molecular formula is C28H26ClFN4O4. The third-order valence-corrected chi connectivity index (χ3v) is 7.19. The average Bonchev–Trinajstić information content (AvgIpc) is 3.07. The van der Waals surface area contributed by atoms with E-state index in [4.69, 9.17) is 16.3 Å². The van der Waals surface area contributed by atoms with Crippen molar-refractivity contribution >= 4 is 29.2 Å². The Morgan fingerprint density at radius 2 is 2.00 bits per heavy atom. The standard InChI is InChI=1S/C28H26ClFN4O4/c1-3-21(36)33-12-13-34-18(14-33)15-38-26-23(28(34)37)27(31-16(2)17-8-5-4-6-9-17)32-25(24(26)29)22-19(30)10-7-11-20(22)35/h3-11,16,18,35H,1,12-15H2,2H3,(H,31,32)/t16-,18?/m1/s1. The van der Waals surface area contributed by atoms with Crippen LogP contribution in [-0.4, -0.2) is 64.0 Å². The molecule has 2 aliphatic heterocycles.